The number of nitrogens with zero attached hydrogens (tertiary/aromatic N) is 2. The zero-order chi connectivity index (χ0) is 20.1. The highest BCUT2D eigenvalue weighted by molar-refractivity contribution is 5.78. The van der Waals surface area contributed by atoms with E-state index >= 15 is 4.39 Å². The minimum Gasteiger partial charge on any atom is -0.481 e. The summed E-state index contributed by atoms with van der Waals surface area (Å²) in [4.78, 5) is 16.5. The Labute approximate surface area is 163 Å². The van der Waals surface area contributed by atoms with Crippen molar-refractivity contribution < 1.29 is 23.4 Å². The minimum atomic E-state index is -2.18. The van der Waals surface area contributed by atoms with Crippen LogP contribution >= 0.6 is 0 Å². The summed E-state index contributed by atoms with van der Waals surface area (Å²) in [6.45, 7) is 3.17. The lowest BCUT2D eigenvalue weighted by Crippen LogP contribution is -2.50. The van der Waals surface area contributed by atoms with E-state index in [2.05, 4.69) is 4.98 Å². The van der Waals surface area contributed by atoms with Crippen LogP contribution in [-0.2, 0) is 4.79 Å². The van der Waals surface area contributed by atoms with Gasteiger partial charge in [-0.15, -0.1) is 0 Å². The van der Waals surface area contributed by atoms with Crippen molar-refractivity contribution in [2.45, 2.75) is 44.8 Å². The largest absolute Gasteiger partial charge is 0.481 e. The Bertz CT molecular complexity index is 773. The van der Waals surface area contributed by atoms with Crippen LogP contribution in [0.3, 0.4) is 0 Å². The summed E-state index contributed by atoms with van der Waals surface area (Å²) >= 11 is 0. The van der Waals surface area contributed by atoms with E-state index in [9.17, 15) is 9.18 Å². The van der Waals surface area contributed by atoms with Crippen LogP contribution in [0.4, 0.5) is 8.78 Å². The fraction of sp³-hybridized carbons (Fsp3) is 0.524. The van der Waals surface area contributed by atoms with Crippen molar-refractivity contribution in [2.75, 3.05) is 19.7 Å². The van der Waals surface area contributed by atoms with Crippen LogP contribution in [0.5, 0.6) is 5.88 Å². The van der Waals surface area contributed by atoms with Crippen molar-refractivity contribution in [1.82, 2.24) is 9.88 Å². The van der Waals surface area contributed by atoms with E-state index in [1.54, 1.807) is 24.4 Å². The molecule has 1 aliphatic carbocycles. The fourth-order valence-corrected chi connectivity index (χ4v) is 3.78. The maximum atomic E-state index is 15.5. The van der Waals surface area contributed by atoms with E-state index in [0.29, 0.717) is 49.6 Å². The molecule has 1 aromatic rings. The highest BCUT2D eigenvalue weighted by atomic mass is 19.2. The molecule has 0 bridgehead atoms. The molecule has 1 unspecified atom stereocenters. The molecule has 0 radical (unpaired) electrons. The number of piperidine rings is 1. The molecule has 2 heterocycles. The molecular formula is C21H26F2N2O3. The number of allylic oxidation sites excluding steroid dienone is 2. The summed E-state index contributed by atoms with van der Waals surface area (Å²) in [5.74, 6) is -3.41. The van der Waals surface area contributed by atoms with Crippen LogP contribution in [0.15, 0.2) is 36.3 Å². The predicted molar refractivity (Wildman–Crippen MR) is 102 cm³/mol. The standard InChI is InChI=1S/C21H26F2N2O3/c1-2-12-28-20-17(4-3-9-24-20)16-5-8-21(23,18(22)14-16)25-10-6-15(7-11-25)13-19(26)27/h3-5,9,14-15H,2,6-8,10-13H2,1H3,(H,26,27). The number of carboxylic acids is 1. The molecule has 28 heavy (non-hydrogen) atoms. The van der Waals surface area contributed by atoms with E-state index in [-0.39, 0.29) is 18.8 Å². The Hall–Kier alpha value is -2.28. The molecule has 5 nitrogen and oxygen atoms in total. The normalized spacial score (nSPS) is 23.8. The summed E-state index contributed by atoms with van der Waals surface area (Å²) in [7, 11) is 0. The van der Waals surface area contributed by atoms with E-state index in [0.717, 1.165) is 6.42 Å². The first kappa shape index (κ1) is 20.5. The molecule has 0 aromatic carbocycles. The van der Waals surface area contributed by atoms with Crippen molar-refractivity contribution in [3.63, 3.8) is 0 Å². The second-order valence-electron chi connectivity index (χ2n) is 7.35. The van der Waals surface area contributed by atoms with Crippen LogP contribution in [0.1, 0.15) is 44.6 Å². The highest BCUT2D eigenvalue weighted by Gasteiger charge is 2.44. The second-order valence-corrected chi connectivity index (χ2v) is 7.35. The number of pyridine rings is 1. The van der Waals surface area contributed by atoms with Gasteiger partial charge in [-0.2, -0.15) is 0 Å². The van der Waals surface area contributed by atoms with E-state index in [1.807, 2.05) is 6.92 Å². The SMILES string of the molecule is CCCOc1ncccc1C1=CCC(F)(N2CCC(CC(=O)O)CC2)C(F)=C1. The van der Waals surface area contributed by atoms with Gasteiger partial charge in [0, 0.05) is 37.7 Å². The molecule has 0 amide bonds. The molecule has 3 rings (SSSR count). The molecule has 0 saturated carbocycles. The number of aromatic nitrogens is 1. The lowest BCUT2D eigenvalue weighted by molar-refractivity contribution is -0.138. The van der Waals surface area contributed by atoms with Gasteiger partial charge in [0.25, 0.3) is 0 Å². The van der Waals surface area contributed by atoms with E-state index in [1.165, 1.54) is 11.0 Å². The number of carbonyl (C=O) groups is 1. The van der Waals surface area contributed by atoms with Gasteiger partial charge in [0.1, 0.15) is 0 Å². The predicted octanol–water partition coefficient (Wildman–Crippen LogP) is 4.36. The fourth-order valence-electron chi connectivity index (χ4n) is 3.78. The van der Waals surface area contributed by atoms with Crippen molar-refractivity contribution in [1.29, 1.82) is 0 Å². The third-order valence-electron chi connectivity index (χ3n) is 5.34. The van der Waals surface area contributed by atoms with Crippen LogP contribution in [0.25, 0.3) is 5.57 Å². The summed E-state index contributed by atoms with van der Waals surface area (Å²) in [5.41, 5.74) is 1.21. The van der Waals surface area contributed by atoms with Gasteiger partial charge in [-0.1, -0.05) is 13.0 Å². The lowest BCUT2D eigenvalue weighted by Gasteiger charge is -2.41. The number of likely N-dealkylation sites (tertiary alicyclic amines) is 1. The Morgan fingerprint density at radius 3 is 2.82 bits per heavy atom. The summed E-state index contributed by atoms with van der Waals surface area (Å²) in [6.07, 6.45) is 6.43. The molecular weight excluding hydrogens is 366 g/mol. The minimum absolute atomic E-state index is 0.0211. The molecule has 152 valence electrons. The van der Waals surface area contributed by atoms with Crippen molar-refractivity contribution in [3.8, 4) is 5.88 Å². The Kier molecular flexibility index (Phi) is 6.44. The lowest BCUT2D eigenvalue weighted by atomic mass is 9.89. The smallest absolute Gasteiger partial charge is 0.303 e. The van der Waals surface area contributed by atoms with Gasteiger partial charge in [-0.3, -0.25) is 9.69 Å². The van der Waals surface area contributed by atoms with Gasteiger partial charge in [-0.25, -0.2) is 13.8 Å². The molecule has 1 saturated heterocycles. The third-order valence-corrected chi connectivity index (χ3v) is 5.34. The molecule has 1 atom stereocenters. The van der Waals surface area contributed by atoms with Crippen LogP contribution in [-0.4, -0.2) is 46.4 Å². The maximum absolute atomic E-state index is 15.5. The monoisotopic (exact) mass is 392 g/mol. The molecule has 2 aliphatic rings. The zero-order valence-electron chi connectivity index (χ0n) is 16.0. The molecule has 1 aromatic heterocycles. The van der Waals surface area contributed by atoms with Gasteiger partial charge in [0.2, 0.25) is 11.7 Å². The summed E-state index contributed by atoms with van der Waals surface area (Å²) in [6, 6.07) is 3.53. The Balaban J connectivity index is 1.72. The summed E-state index contributed by atoms with van der Waals surface area (Å²) in [5, 5.41) is 8.91. The molecule has 0 spiro atoms. The first-order valence-corrected chi connectivity index (χ1v) is 9.75. The topological polar surface area (TPSA) is 62.7 Å². The Morgan fingerprint density at radius 2 is 2.18 bits per heavy atom. The van der Waals surface area contributed by atoms with Crippen molar-refractivity contribution in [2.24, 2.45) is 5.92 Å². The van der Waals surface area contributed by atoms with Crippen molar-refractivity contribution in [3.05, 3.63) is 41.9 Å². The molecule has 1 fully saturated rings. The number of ether oxygens (including phenoxy) is 1. The van der Waals surface area contributed by atoms with Gasteiger partial charge >= 0.3 is 5.97 Å². The number of carboxylic acid groups (broad SMARTS) is 1. The van der Waals surface area contributed by atoms with E-state index in [4.69, 9.17) is 9.84 Å². The van der Waals surface area contributed by atoms with Gasteiger partial charge in [0.15, 0.2) is 5.83 Å². The van der Waals surface area contributed by atoms with Gasteiger partial charge < -0.3 is 9.84 Å². The molecule has 7 heteroatoms. The molecule has 1 aliphatic heterocycles. The first-order valence-electron chi connectivity index (χ1n) is 9.75. The highest BCUT2D eigenvalue weighted by Crippen LogP contribution is 2.41. The number of hydrogen-bond acceptors (Lipinski definition) is 4. The van der Waals surface area contributed by atoms with Gasteiger partial charge in [0.05, 0.1) is 6.61 Å². The van der Waals surface area contributed by atoms with Crippen LogP contribution in [0.2, 0.25) is 0 Å². The average Bonchev–Trinajstić information content (AvgIpc) is 2.69. The third kappa shape index (κ3) is 4.41. The number of hydrogen-bond donors (Lipinski definition) is 1. The van der Waals surface area contributed by atoms with E-state index < -0.39 is 17.6 Å². The number of aliphatic carboxylic acids is 1. The van der Waals surface area contributed by atoms with Crippen molar-refractivity contribution >= 4 is 11.5 Å². The van der Waals surface area contributed by atoms with Gasteiger partial charge in [-0.05, 0) is 49.0 Å². The quantitative estimate of drug-likeness (QED) is 0.699. The molecule has 1 N–H and O–H groups in total. The summed E-state index contributed by atoms with van der Waals surface area (Å²) < 4.78 is 36.0. The average molecular weight is 392 g/mol. The number of alkyl halides is 1. The van der Waals surface area contributed by atoms with Crippen LogP contribution < -0.4 is 4.74 Å². The number of rotatable bonds is 7. The number of halogens is 2. The maximum Gasteiger partial charge on any atom is 0.303 e. The first-order chi connectivity index (χ1) is 13.4. The van der Waals surface area contributed by atoms with Crippen LogP contribution in [0, 0.1) is 5.92 Å². The Morgan fingerprint density at radius 1 is 1.43 bits per heavy atom. The zero-order valence-corrected chi connectivity index (χ0v) is 16.0. The second kappa shape index (κ2) is 8.82.